The van der Waals surface area contributed by atoms with Gasteiger partial charge in [0, 0.05) is 26.0 Å². The Labute approximate surface area is 95.9 Å². The van der Waals surface area contributed by atoms with Gasteiger partial charge in [-0.1, -0.05) is 6.92 Å². The largest absolute Gasteiger partial charge is 0.481 e. The zero-order chi connectivity index (χ0) is 12.4. The Bertz CT molecular complexity index is 218. The summed E-state index contributed by atoms with van der Waals surface area (Å²) in [5.74, 6) is -0.597. The van der Waals surface area contributed by atoms with Crippen LogP contribution < -0.4 is 5.32 Å². The quantitative estimate of drug-likeness (QED) is 0.511. The van der Waals surface area contributed by atoms with Crippen molar-refractivity contribution in [3.8, 4) is 0 Å². The van der Waals surface area contributed by atoms with E-state index in [1.54, 1.807) is 0 Å². The first kappa shape index (κ1) is 14.9. The molecule has 1 unspecified atom stereocenters. The number of amides is 1. The molecule has 16 heavy (non-hydrogen) atoms. The molecule has 0 saturated carbocycles. The van der Waals surface area contributed by atoms with Crippen LogP contribution in [0.25, 0.3) is 0 Å². The van der Waals surface area contributed by atoms with Gasteiger partial charge in [0.1, 0.15) is 0 Å². The van der Waals surface area contributed by atoms with Crippen LogP contribution in [0, 0.1) is 5.92 Å². The standard InChI is InChI=1S/C11H21NO4/c1-9(6-7-13)8-12-10(14)4-2-3-5-11(15)16/h9,13H,2-8H2,1H3,(H,12,14)(H,15,16). The number of aliphatic hydroxyl groups is 1. The predicted octanol–water partition coefficient (Wildman–Crippen LogP) is 0.766. The zero-order valence-corrected chi connectivity index (χ0v) is 9.74. The molecule has 94 valence electrons. The lowest BCUT2D eigenvalue weighted by Gasteiger charge is -2.10. The molecule has 3 N–H and O–H groups in total. The fourth-order valence-corrected chi connectivity index (χ4v) is 1.26. The predicted molar refractivity (Wildman–Crippen MR) is 60.0 cm³/mol. The number of hydrogen-bond donors (Lipinski definition) is 3. The van der Waals surface area contributed by atoms with E-state index in [0.29, 0.717) is 32.2 Å². The second kappa shape index (κ2) is 9.15. The summed E-state index contributed by atoms with van der Waals surface area (Å²) >= 11 is 0. The Balaban J connectivity index is 3.41. The lowest BCUT2D eigenvalue weighted by Crippen LogP contribution is -2.28. The summed E-state index contributed by atoms with van der Waals surface area (Å²) in [6.07, 6.45) is 2.31. The van der Waals surface area contributed by atoms with E-state index < -0.39 is 5.97 Å². The molecule has 0 heterocycles. The monoisotopic (exact) mass is 231 g/mol. The third kappa shape index (κ3) is 9.45. The van der Waals surface area contributed by atoms with Gasteiger partial charge < -0.3 is 15.5 Å². The Hall–Kier alpha value is -1.10. The van der Waals surface area contributed by atoms with E-state index >= 15 is 0 Å². The first-order chi connectivity index (χ1) is 7.56. The molecule has 0 aliphatic carbocycles. The first-order valence-electron chi connectivity index (χ1n) is 5.65. The maximum Gasteiger partial charge on any atom is 0.303 e. The van der Waals surface area contributed by atoms with E-state index in [0.717, 1.165) is 0 Å². The minimum atomic E-state index is -0.822. The number of carboxylic acids is 1. The Kier molecular flexibility index (Phi) is 8.52. The summed E-state index contributed by atoms with van der Waals surface area (Å²) < 4.78 is 0. The van der Waals surface area contributed by atoms with Gasteiger partial charge in [-0.2, -0.15) is 0 Å². The highest BCUT2D eigenvalue weighted by atomic mass is 16.4. The first-order valence-corrected chi connectivity index (χ1v) is 5.65. The highest BCUT2D eigenvalue weighted by molar-refractivity contribution is 5.75. The van der Waals surface area contributed by atoms with E-state index in [1.807, 2.05) is 6.92 Å². The minimum Gasteiger partial charge on any atom is -0.481 e. The van der Waals surface area contributed by atoms with E-state index in [4.69, 9.17) is 10.2 Å². The van der Waals surface area contributed by atoms with Crippen LogP contribution in [0.1, 0.15) is 39.0 Å². The minimum absolute atomic E-state index is 0.0461. The van der Waals surface area contributed by atoms with Gasteiger partial charge in [0.05, 0.1) is 0 Å². The lowest BCUT2D eigenvalue weighted by atomic mass is 10.1. The maximum absolute atomic E-state index is 11.3. The van der Waals surface area contributed by atoms with Crippen LogP contribution in [0.3, 0.4) is 0 Å². The van der Waals surface area contributed by atoms with E-state index in [2.05, 4.69) is 5.32 Å². The molecule has 0 aromatic heterocycles. The van der Waals surface area contributed by atoms with Crippen molar-refractivity contribution in [2.45, 2.75) is 39.0 Å². The number of aliphatic carboxylic acids is 1. The van der Waals surface area contributed by atoms with E-state index in [1.165, 1.54) is 0 Å². The summed E-state index contributed by atoms with van der Waals surface area (Å²) in [6.45, 7) is 2.66. The number of aliphatic hydroxyl groups excluding tert-OH is 1. The molecule has 0 aromatic rings. The van der Waals surface area contributed by atoms with E-state index in [9.17, 15) is 9.59 Å². The molecule has 5 nitrogen and oxygen atoms in total. The van der Waals surface area contributed by atoms with Crippen LogP contribution in [-0.4, -0.2) is 35.2 Å². The van der Waals surface area contributed by atoms with Crippen LogP contribution >= 0.6 is 0 Å². The second-order valence-electron chi connectivity index (χ2n) is 4.02. The average Bonchev–Trinajstić information content (AvgIpc) is 2.22. The molecule has 1 atom stereocenters. The SMILES string of the molecule is CC(CCO)CNC(=O)CCCCC(=O)O. The van der Waals surface area contributed by atoms with Gasteiger partial charge in [-0.25, -0.2) is 0 Å². The topological polar surface area (TPSA) is 86.6 Å². The number of rotatable bonds is 9. The fourth-order valence-electron chi connectivity index (χ4n) is 1.26. The number of carboxylic acid groups (broad SMARTS) is 1. The maximum atomic E-state index is 11.3. The summed E-state index contributed by atoms with van der Waals surface area (Å²) in [6, 6.07) is 0. The summed E-state index contributed by atoms with van der Waals surface area (Å²) in [4.78, 5) is 21.5. The molecule has 0 fully saturated rings. The molecule has 0 aliphatic heterocycles. The van der Waals surface area contributed by atoms with Crippen molar-refractivity contribution >= 4 is 11.9 Å². The van der Waals surface area contributed by atoms with Gasteiger partial charge in [0.15, 0.2) is 0 Å². The highest BCUT2D eigenvalue weighted by Crippen LogP contribution is 2.01. The van der Waals surface area contributed by atoms with Crippen molar-refractivity contribution in [2.75, 3.05) is 13.2 Å². The molecule has 0 rings (SSSR count). The van der Waals surface area contributed by atoms with Crippen molar-refractivity contribution in [1.82, 2.24) is 5.32 Å². The summed E-state index contributed by atoms with van der Waals surface area (Å²) in [5, 5.41) is 19.8. The normalized spacial score (nSPS) is 12.1. The Morgan fingerprint density at radius 2 is 1.88 bits per heavy atom. The number of nitrogens with one attached hydrogen (secondary N) is 1. The van der Waals surface area contributed by atoms with Gasteiger partial charge in [0.25, 0.3) is 0 Å². The zero-order valence-electron chi connectivity index (χ0n) is 9.74. The molecule has 0 saturated heterocycles. The number of carbonyl (C=O) groups is 2. The molecule has 1 amide bonds. The highest BCUT2D eigenvalue weighted by Gasteiger charge is 2.05. The van der Waals surface area contributed by atoms with Crippen molar-refractivity contribution in [3.63, 3.8) is 0 Å². The average molecular weight is 231 g/mol. The molecule has 0 radical (unpaired) electrons. The van der Waals surface area contributed by atoms with Crippen molar-refractivity contribution in [2.24, 2.45) is 5.92 Å². The van der Waals surface area contributed by atoms with Crippen LogP contribution in [0.5, 0.6) is 0 Å². The lowest BCUT2D eigenvalue weighted by molar-refractivity contribution is -0.137. The summed E-state index contributed by atoms with van der Waals surface area (Å²) in [5.41, 5.74) is 0. The molecule has 0 aliphatic rings. The molecule has 0 bridgehead atoms. The Morgan fingerprint density at radius 1 is 1.25 bits per heavy atom. The van der Waals surface area contributed by atoms with Gasteiger partial charge in [-0.3, -0.25) is 9.59 Å². The van der Waals surface area contributed by atoms with E-state index in [-0.39, 0.29) is 24.9 Å². The smallest absolute Gasteiger partial charge is 0.303 e. The molecule has 0 spiro atoms. The van der Waals surface area contributed by atoms with Crippen molar-refractivity contribution < 1.29 is 19.8 Å². The van der Waals surface area contributed by atoms with Gasteiger partial charge in [0.2, 0.25) is 5.91 Å². The number of hydrogen-bond acceptors (Lipinski definition) is 3. The number of carbonyl (C=O) groups excluding carboxylic acids is 1. The number of unbranched alkanes of at least 4 members (excludes halogenated alkanes) is 1. The Morgan fingerprint density at radius 3 is 2.44 bits per heavy atom. The summed E-state index contributed by atoms with van der Waals surface area (Å²) in [7, 11) is 0. The van der Waals surface area contributed by atoms with Crippen LogP contribution in [0.4, 0.5) is 0 Å². The van der Waals surface area contributed by atoms with Crippen molar-refractivity contribution in [3.05, 3.63) is 0 Å². The van der Waals surface area contributed by atoms with Crippen molar-refractivity contribution in [1.29, 1.82) is 0 Å². The molecule has 5 heteroatoms. The molecular weight excluding hydrogens is 210 g/mol. The van der Waals surface area contributed by atoms with Crippen LogP contribution in [0.2, 0.25) is 0 Å². The third-order valence-corrected chi connectivity index (χ3v) is 2.31. The molecule has 0 aromatic carbocycles. The van der Waals surface area contributed by atoms with Crippen LogP contribution in [0.15, 0.2) is 0 Å². The third-order valence-electron chi connectivity index (χ3n) is 2.31. The van der Waals surface area contributed by atoms with Gasteiger partial charge in [-0.15, -0.1) is 0 Å². The van der Waals surface area contributed by atoms with Gasteiger partial charge in [-0.05, 0) is 25.2 Å². The van der Waals surface area contributed by atoms with Gasteiger partial charge >= 0.3 is 5.97 Å². The second-order valence-corrected chi connectivity index (χ2v) is 4.02. The molecular formula is C11H21NO4. The fraction of sp³-hybridized carbons (Fsp3) is 0.818. The van der Waals surface area contributed by atoms with Crippen LogP contribution in [-0.2, 0) is 9.59 Å².